The molecule has 0 aliphatic carbocycles. The third kappa shape index (κ3) is 2.25. The molecule has 102 valence electrons. The highest BCUT2D eigenvalue weighted by atomic mass is 16.5. The van der Waals surface area contributed by atoms with Crippen LogP contribution in [0, 0.1) is 0 Å². The molecule has 0 unspecified atom stereocenters. The first-order chi connectivity index (χ1) is 9.78. The van der Waals surface area contributed by atoms with Crippen molar-refractivity contribution in [3.8, 4) is 5.75 Å². The van der Waals surface area contributed by atoms with Crippen LogP contribution < -0.4 is 15.8 Å². The van der Waals surface area contributed by atoms with E-state index < -0.39 is 0 Å². The zero-order chi connectivity index (χ0) is 13.9. The van der Waals surface area contributed by atoms with Crippen LogP contribution in [0.3, 0.4) is 0 Å². The van der Waals surface area contributed by atoms with Gasteiger partial charge in [-0.3, -0.25) is 0 Å². The fourth-order valence-corrected chi connectivity index (χ4v) is 1.99. The summed E-state index contributed by atoms with van der Waals surface area (Å²) in [6.07, 6.45) is 0. The molecule has 1 aromatic heterocycles. The Morgan fingerprint density at radius 2 is 2.05 bits per heavy atom. The van der Waals surface area contributed by atoms with Gasteiger partial charge < -0.3 is 20.2 Å². The molecule has 3 N–H and O–H groups in total. The molecular weight excluding hydrogens is 254 g/mol. The van der Waals surface area contributed by atoms with Gasteiger partial charge in [-0.2, -0.15) is 4.98 Å². The molecule has 5 nitrogen and oxygen atoms in total. The van der Waals surface area contributed by atoms with E-state index in [1.165, 1.54) is 0 Å². The lowest BCUT2D eigenvalue weighted by Gasteiger charge is -2.09. The Bertz CT molecular complexity index is 737. The summed E-state index contributed by atoms with van der Waals surface area (Å²) in [7, 11) is 0. The average Bonchev–Trinajstić information content (AvgIpc) is 2.85. The topological polar surface area (TPSA) is 73.3 Å². The van der Waals surface area contributed by atoms with Gasteiger partial charge in [0.1, 0.15) is 11.3 Å². The molecule has 3 aromatic rings. The lowest BCUT2D eigenvalue weighted by atomic mass is 10.3. The first kappa shape index (κ1) is 12.3. The van der Waals surface area contributed by atoms with Gasteiger partial charge in [-0.25, -0.2) is 0 Å². The SMILES string of the molecule is CCOc1ccccc1Nc1nc2c(N)cccc2o1. The smallest absolute Gasteiger partial charge is 0.300 e. The van der Waals surface area contributed by atoms with Crippen molar-refractivity contribution < 1.29 is 9.15 Å². The maximum absolute atomic E-state index is 5.87. The van der Waals surface area contributed by atoms with E-state index >= 15 is 0 Å². The van der Waals surface area contributed by atoms with Gasteiger partial charge in [0.25, 0.3) is 6.01 Å². The van der Waals surface area contributed by atoms with Gasteiger partial charge in [0.2, 0.25) is 0 Å². The summed E-state index contributed by atoms with van der Waals surface area (Å²) in [6, 6.07) is 13.5. The number of nitrogen functional groups attached to an aromatic ring is 1. The van der Waals surface area contributed by atoms with E-state index in [1.54, 1.807) is 6.07 Å². The number of para-hydroxylation sites is 3. The normalized spacial score (nSPS) is 10.7. The lowest BCUT2D eigenvalue weighted by Crippen LogP contribution is -1.97. The molecular formula is C15H15N3O2. The van der Waals surface area contributed by atoms with Crippen molar-refractivity contribution in [3.05, 3.63) is 42.5 Å². The molecule has 5 heteroatoms. The number of oxazole rings is 1. The molecule has 20 heavy (non-hydrogen) atoms. The summed E-state index contributed by atoms with van der Waals surface area (Å²) in [6.45, 7) is 2.54. The van der Waals surface area contributed by atoms with Crippen LogP contribution in [-0.4, -0.2) is 11.6 Å². The van der Waals surface area contributed by atoms with E-state index in [1.807, 2.05) is 43.3 Å². The summed E-state index contributed by atoms with van der Waals surface area (Å²) in [5, 5.41) is 3.12. The van der Waals surface area contributed by atoms with E-state index in [0.29, 0.717) is 29.4 Å². The number of hydrogen-bond acceptors (Lipinski definition) is 5. The zero-order valence-corrected chi connectivity index (χ0v) is 11.1. The van der Waals surface area contributed by atoms with Crippen LogP contribution >= 0.6 is 0 Å². The van der Waals surface area contributed by atoms with Gasteiger partial charge in [-0.1, -0.05) is 18.2 Å². The maximum atomic E-state index is 5.87. The number of nitrogens with one attached hydrogen (secondary N) is 1. The molecule has 0 spiro atoms. The Hall–Kier alpha value is -2.69. The molecule has 0 bridgehead atoms. The van der Waals surface area contributed by atoms with E-state index in [4.69, 9.17) is 14.9 Å². The number of hydrogen-bond donors (Lipinski definition) is 2. The Kier molecular flexibility index (Phi) is 3.16. The predicted octanol–water partition coefficient (Wildman–Crippen LogP) is 3.55. The number of nitrogens with zero attached hydrogens (tertiary/aromatic N) is 1. The van der Waals surface area contributed by atoms with Crippen LogP contribution in [0.2, 0.25) is 0 Å². The highest BCUT2D eigenvalue weighted by Crippen LogP contribution is 2.30. The maximum Gasteiger partial charge on any atom is 0.300 e. The van der Waals surface area contributed by atoms with E-state index in [0.717, 1.165) is 11.4 Å². The molecule has 3 rings (SSSR count). The zero-order valence-electron chi connectivity index (χ0n) is 11.1. The first-order valence-electron chi connectivity index (χ1n) is 6.42. The van der Waals surface area contributed by atoms with Crippen molar-refractivity contribution >= 4 is 28.5 Å². The molecule has 0 aliphatic heterocycles. The Labute approximate surface area is 116 Å². The molecule has 0 saturated heterocycles. The van der Waals surface area contributed by atoms with Crippen LogP contribution in [0.15, 0.2) is 46.9 Å². The Balaban J connectivity index is 1.95. The van der Waals surface area contributed by atoms with Crippen LogP contribution in [-0.2, 0) is 0 Å². The Morgan fingerprint density at radius 1 is 1.20 bits per heavy atom. The summed E-state index contributed by atoms with van der Waals surface area (Å²) in [4.78, 5) is 4.35. The van der Waals surface area contributed by atoms with Crippen LogP contribution in [0.1, 0.15) is 6.92 Å². The average molecular weight is 269 g/mol. The fourth-order valence-electron chi connectivity index (χ4n) is 1.99. The van der Waals surface area contributed by atoms with Gasteiger partial charge in [0.05, 0.1) is 18.0 Å². The van der Waals surface area contributed by atoms with Crippen molar-refractivity contribution in [2.45, 2.75) is 6.92 Å². The highest BCUT2D eigenvalue weighted by Gasteiger charge is 2.10. The minimum absolute atomic E-state index is 0.394. The number of rotatable bonds is 4. The molecule has 0 radical (unpaired) electrons. The van der Waals surface area contributed by atoms with Gasteiger partial charge >= 0.3 is 0 Å². The minimum Gasteiger partial charge on any atom is -0.492 e. The quantitative estimate of drug-likeness (QED) is 0.708. The molecule has 0 aliphatic rings. The number of benzene rings is 2. The Morgan fingerprint density at radius 3 is 2.85 bits per heavy atom. The van der Waals surface area contributed by atoms with Crippen molar-refractivity contribution in [3.63, 3.8) is 0 Å². The molecule has 0 atom stereocenters. The third-order valence-electron chi connectivity index (χ3n) is 2.88. The predicted molar refractivity (Wildman–Crippen MR) is 79.3 cm³/mol. The summed E-state index contributed by atoms with van der Waals surface area (Å²) < 4.78 is 11.2. The van der Waals surface area contributed by atoms with Crippen LogP contribution in [0.5, 0.6) is 5.75 Å². The second-order valence-corrected chi connectivity index (χ2v) is 4.27. The summed E-state index contributed by atoms with van der Waals surface area (Å²) in [5.74, 6) is 0.755. The number of ether oxygens (including phenoxy) is 1. The monoisotopic (exact) mass is 269 g/mol. The largest absolute Gasteiger partial charge is 0.492 e. The van der Waals surface area contributed by atoms with E-state index in [-0.39, 0.29) is 0 Å². The van der Waals surface area contributed by atoms with Gasteiger partial charge in [-0.15, -0.1) is 0 Å². The van der Waals surface area contributed by atoms with Crippen molar-refractivity contribution in [2.24, 2.45) is 0 Å². The highest BCUT2D eigenvalue weighted by molar-refractivity contribution is 5.86. The second kappa shape index (κ2) is 5.13. The number of fused-ring (bicyclic) bond motifs is 1. The first-order valence-corrected chi connectivity index (χ1v) is 6.42. The molecule has 0 saturated carbocycles. The number of aromatic nitrogens is 1. The third-order valence-corrected chi connectivity index (χ3v) is 2.88. The minimum atomic E-state index is 0.394. The van der Waals surface area contributed by atoms with Crippen molar-refractivity contribution in [1.82, 2.24) is 4.98 Å². The lowest BCUT2D eigenvalue weighted by molar-refractivity contribution is 0.342. The van der Waals surface area contributed by atoms with Crippen LogP contribution in [0.25, 0.3) is 11.1 Å². The number of nitrogens with two attached hydrogens (primary N) is 1. The molecule has 0 amide bonds. The van der Waals surface area contributed by atoms with E-state index in [2.05, 4.69) is 10.3 Å². The van der Waals surface area contributed by atoms with Crippen molar-refractivity contribution in [2.75, 3.05) is 17.7 Å². The van der Waals surface area contributed by atoms with Gasteiger partial charge in [0, 0.05) is 0 Å². The van der Waals surface area contributed by atoms with E-state index in [9.17, 15) is 0 Å². The van der Waals surface area contributed by atoms with Gasteiger partial charge in [-0.05, 0) is 31.2 Å². The molecule has 2 aromatic carbocycles. The standard InChI is InChI=1S/C15H15N3O2/c1-2-19-12-8-4-3-7-11(12)17-15-18-14-10(16)6-5-9-13(14)20-15/h3-9H,2,16H2,1H3,(H,17,18). The molecule has 1 heterocycles. The number of anilines is 3. The van der Waals surface area contributed by atoms with Gasteiger partial charge in [0.15, 0.2) is 5.58 Å². The summed E-state index contributed by atoms with van der Waals surface area (Å²) >= 11 is 0. The van der Waals surface area contributed by atoms with Crippen molar-refractivity contribution in [1.29, 1.82) is 0 Å². The summed E-state index contributed by atoms with van der Waals surface area (Å²) in [5.41, 5.74) is 8.58. The fraction of sp³-hybridized carbons (Fsp3) is 0.133. The van der Waals surface area contributed by atoms with Crippen LogP contribution in [0.4, 0.5) is 17.4 Å². The second-order valence-electron chi connectivity index (χ2n) is 4.27. The molecule has 0 fully saturated rings.